The molecule has 2 heteroatoms. The van der Waals surface area contributed by atoms with E-state index in [9.17, 15) is 0 Å². The van der Waals surface area contributed by atoms with Crippen LogP contribution >= 0.6 is 0 Å². The normalized spacial score (nSPS) is 11.7. The predicted octanol–water partition coefficient (Wildman–Crippen LogP) is 3.62. The third kappa shape index (κ3) is 3.74. The lowest BCUT2D eigenvalue weighted by atomic mass is 9.83. The first-order chi connectivity index (χ1) is 8.40. The van der Waals surface area contributed by atoms with E-state index in [1.165, 1.54) is 16.7 Å². The number of benzene rings is 1. The van der Waals surface area contributed by atoms with Crippen molar-refractivity contribution < 1.29 is 9.84 Å². The van der Waals surface area contributed by atoms with Gasteiger partial charge in [0.1, 0.15) is 5.75 Å². The fourth-order valence-electron chi connectivity index (χ4n) is 2.18. The smallest absolute Gasteiger partial charge is 0.122 e. The topological polar surface area (TPSA) is 29.5 Å². The lowest BCUT2D eigenvalue weighted by Gasteiger charge is -2.24. The minimum Gasteiger partial charge on any atom is -0.496 e. The molecule has 1 rings (SSSR count). The van der Waals surface area contributed by atoms with E-state index in [0.717, 1.165) is 25.0 Å². The van der Waals surface area contributed by atoms with Crippen LogP contribution < -0.4 is 4.74 Å². The Balaban J connectivity index is 3.06. The second kappa shape index (κ2) is 6.24. The zero-order chi connectivity index (χ0) is 13.8. The zero-order valence-electron chi connectivity index (χ0n) is 12.3. The minimum absolute atomic E-state index is 0.0881. The van der Waals surface area contributed by atoms with Crippen LogP contribution in [0.1, 0.15) is 50.3 Å². The summed E-state index contributed by atoms with van der Waals surface area (Å²) in [5.41, 5.74) is 3.99. The number of ether oxygens (including phenoxy) is 1. The number of rotatable bonds is 5. The molecular weight excluding hydrogens is 224 g/mol. The van der Waals surface area contributed by atoms with Crippen molar-refractivity contribution in [2.75, 3.05) is 13.7 Å². The van der Waals surface area contributed by atoms with E-state index < -0.39 is 0 Å². The summed E-state index contributed by atoms with van der Waals surface area (Å²) in [6, 6.07) is 4.40. The summed E-state index contributed by atoms with van der Waals surface area (Å²) in [5, 5.41) is 8.86. The molecule has 0 aliphatic heterocycles. The average molecular weight is 250 g/mol. The maximum Gasteiger partial charge on any atom is 0.122 e. The summed E-state index contributed by atoms with van der Waals surface area (Å²) in [7, 11) is 1.73. The van der Waals surface area contributed by atoms with Crippen molar-refractivity contribution in [1.29, 1.82) is 0 Å². The monoisotopic (exact) mass is 250 g/mol. The number of aryl methyl sites for hydroxylation is 2. The molecule has 0 saturated carbocycles. The molecular formula is C16H26O2. The third-order valence-corrected chi connectivity index (χ3v) is 3.32. The third-order valence-electron chi connectivity index (χ3n) is 3.32. The van der Waals surface area contributed by atoms with Crippen LogP contribution in [0.15, 0.2) is 12.1 Å². The molecule has 0 atom stereocenters. The minimum atomic E-state index is 0.0881. The molecule has 0 radical (unpaired) electrons. The van der Waals surface area contributed by atoms with Gasteiger partial charge in [0, 0.05) is 6.61 Å². The van der Waals surface area contributed by atoms with Gasteiger partial charge in [-0.1, -0.05) is 26.8 Å². The fourth-order valence-corrected chi connectivity index (χ4v) is 2.18. The van der Waals surface area contributed by atoms with E-state index in [1.54, 1.807) is 7.11 Å². The molecule has 0 fully saturated rings. The lowest BCUT2D eigenvalue weighted by Crippen LogP contribution is -2.14. The van der Waals surface area contributed by atoms with Gasteiger partial charge in [-0.3, -0.25) is 0 Å². The van der Waals surface area contributed by atoms with Crippen LogP contribution in [0.4, 0.5) is 0 Å². The van der Waals surface area contributed by atoms with Crippen molar-refractivity contribution in [2.24, 2.45) is 0 Å². The van der Waals surface area contributed by atoms with E-state index >= 15 is 0 Å². The molecule has 0 spiro atoms. The molecule has 0 aliphatic carbocycles. The number of hydrogen-bond donors (Lipinski definition) is 1. The van der Waals surface area contributed by atoms with E-state index in [1.807, 2.05) is 0 Å². The molecule has 0 aliphatic rings. The number of unbranched alkanes of at least 4 members (excludes halogenated alkanes) is 1. The highest BCUT2D eigenvalue weighted by molar-refractivity contribution is 5.45. The van der Waals surface area contributed by atoms with Crippen LogP contribution in [0.25, 0.3) is 0 Å². The van der Waals surface area contributed by atoms with Crippen LogP contribution in [0.5, 0.6) is 5.75 Å². The van der Waals surface area contributed by atoms with Gasteiger partial charge in [0.2, 0.25) is 0 Å². The van der Waals surface area contributed by atoms with Crippen LogP contribution in [0.2, 0.25) is 0 Å². The highest BCUT2D eigenvalue weighted by Crippen LogP contribution is 2.34. The SMILES string of the molecule is COc1cc(C)c(CCCCO)cc1C(C)(C)C. The summed E-state index contributed by atoms with van der Waals surface area (Å²) in [6.45, 7) is 9.03. The van der Waals surface area contributed by atoms with Crippen LogP contribution in [-0.2, 0) is 11.8 Å². The molecule has 0 aromatic heterocycles. The van der Waals surface area contributed by atoms with Gasteiger partial charge >= 0.3 is 0 Å². The fraction of sp³-hybridized carbons (Fsp3) is 0.625. The number of aliphatic hydroxyl groups excluding tert-OH is 1. The van der Waals surface area contributed by atoms with E-state index in [0.29, 0.717) is 0 Å². The highest BCUT2D eigenvalue weighted by atomic mass is 16.5. The molecule has 2 nitrogen and oxygen atoms in total. The molecule has 0 heterocycles. The summed E-state index contributed by atoms with van der Waals surface area (Å²) >= 11 is 0. The first-order valence-corrected chi connectivity index (χ1v) is 6.69. The molecule has 1 N–H and O–H groups in total. The molecule has 0 saturated heterocycles. The Morgan fingerprint density at radius 3 is 2.33 bits per heavy atom. The average Bonchev–Trinajstić information content (AvgIpc) is 2.29. The highest BCUT2D eigenvalue weighted by Gasteiger charge is 2.20. The molecule has 0 amide bonds. The number of aliphatic hydroxyl groups is 1. The molecule has 0 unspecified atom stereocenters. The Kier molecular flexibility index (Phi) is 5.21. The molecule has 0 bridgehead atoms. The Morgan fingerprint density at radius 2 is 1.83 bits per heavy atom. The Bertz CT molecular complexity index is 389. The molecule has 18 heavy (non-hydrogen) atoms. The first kappa shape index (κ1) is 15.0. The number of hydrogen-bond acceptors (Lipinski definition) is 2. The predicted molar refractivity (Wildman–Crippen MR) is 76.5 cm³/mol. The van der Waals surface area contributed by atoms with Gasteiger partial charge in [-0.2, -0.15) is 0 Å². The maximum absolute atomic E-state index is 8.86. The molecule has 1 aromatic carbocycles. The lowest BCUT2D eigenvalue weighted by molar-refractivity contribution is 0.284. The summed E-state index contributed by atoms with van der Waals surface area (Å²) in [6.07, 6.45) is 2.93. The van der Waals surface area contributed by atoms with Crippen molar-refractivity contribution in [2.45, 2.75) is 52.4 Å². The van der Waals surface area contributed by atoms with E-state index in [4.69, 9.17) is 9.84 Å². The van der Waals surface area contributed by atoms with Crippen LogP contribution in [0.3, 0.4) is 0 Å². The summed E-state index contributed by atoms with van der Waals surface area (Å²) < 4.78 is 5.49. The molecule has 1 aromatic rings. The van der Waals surface area contributed by atoms with Crippen molar-refractivity contribution in [1.82, 2.24) is 0 Å². The van der Waals surface area contributed by atoms with E-state index in [-0.39, 0.29) is 12.0 Å². The second-order valence-corrected chi connectivity index (χ2v) is 5.91. The number of methoxy groups -OCH3 is 1. The van der Waals surface area contributed by atoms with Gasteiger partial charge in [-0.25, -0.2) is 0 Å². The quantitative estimate of drug-likeness (QED) is 0.809. The van der Waals surface area contributed by atoms with E-state index in [2.05, 4.69) is 39.8 Å². The van der Waals surface area contributed by atoms with Gasteiger partial charge < -0.3 is 9.84 Å². The summed E-state index contributed by atoms with van der Waals surface area (Å²) in [5.74, 6) is 0.978. The standard InChI is InChI=1S/C16H26O2/c1-12-10-15(18-5)14(16(2,3)4)11-13(12)8-6-7-9-17/h10-11,17H,6-9H2,1-5H3. The van der Waals surface area contributed by atoms with Gasteiger partial charge in [-0.15, -0.1) is 0 Å². The van der Waals surface area contributed by atoms with Crippen LogP contribution in [-0.4, -0.2) is 18.8 Å². The zero-order valence-corrected chi connectivity index (χ0v) is 12.3. The Morgan fingerprint density at radius 1 is 1.17 bits per heavy atom. The first-order valence-electron chi connectivity index (χ1n) is 6.69. The van der Waals surface area contributed by atoms with Crippen molar-refractivity contribution >= 4 is 0 Å². The van der Waals surface area contributed by atoms with Gasteiger partial charge in [0.25, 0.3) is 0 Å². The van der Waals surface area contributed by atoms with Gasteiger partial charge in [0.15, 0.2) is 0 Å². The molecule has 102 valence electrons. The summed E-state index contributed by atoms with van der Waals surface area (Å²) in [4.78, 5) is 0. The second-order valence-electron chi connectivity index (χ2n) is 5.91. The van der Waals surface area contributed by atoms with Crippen molar-refractivity contribution in [3.8, 4) is 5.75 Å². The largest absolute Gasteiger partial charge is 0.496 e. The Labute approximate surface area is 111 Å². The van der Waals surface area contributed by atoms with Gasteiger partial charge in [0.05, 0.1) is 7.11 Å². The van der Waals surface area contributed by atoms with Crippen molar-refractivity contribution in [3.05, 3.63) is 28.8 Å². The van der Waals surface area contributed by atoms with Gasteiger partial charge in [-0.05, 0) is 54.4 Å². The Hall–Kier alpha value is -1.02. The van der Waals surface area contributed by atoms with Crippen LogP contribution in [0, 0.1) is 6.92 Å². The van der Waals surface area contributed by atoms with Crippen molar-refractivity contribution in [3.63, 3.8) is 0 Å². The maximum atomic E-state index is 8.86.